The van der Waals surface area contributed by atoms with Crippen molar-refractivity contribution in [3.63, 3.8) is 0 Å². The van der Waals surface area contributed by atoms with E-state index in [-0.39, 0.29) is 24.2 Å². The van der Waals surface area contributed by atoms with Gasteiger partial charge >= 0.3 is 0 Å². The Morgan fingerprint density at radius 2 is 0.783 bits per heavy atom. The third-order valence-corrected chi connectivity index (χ3v) is 7.94. The van der Waals surface area contributed by atoms with Gasteiger partial charge in [0.05, 0.1) is 33.4 Å². The number of halogens is 1. The molecule has 0 bridgehead atoms. The second kappa shape index (κ2) is 15.9. The predicted octanol–water partition coefficient (Wildman–Crippen LogP) is 7.22. The van der Waals surface area contributed by atoms with E-state index < -0.39 is 0 Å². The van der Waals surface area contributed by atoms with Crippen molar-refractivity contribution in [2.24, 2.45) is 0 Å². The SMILES string of the molecule is Cl.O=C(CCCC(=O)NCCCNc1c2ccccc2nc2ccccc12)NCCCNc1c2ccccc2nc2ccccc12. The zero-order valence-corrected chi connectivity index (χ0v) is 26.5. The summed E-state index contributed by atoms with van der Waals surface area (Å²) in [4.78, 5) is 34.2. The van der Waals surface area contributed by atoms with Gasteiger partial charge in [-0.15, -0.1) is 12.4 Å². The largest absolute Gasteiger partial charge is 0.384 e. The maximum atomic E-state index is 12.3. The standard InChI is InChI=1S/C37H38N6O2.ClH/c44-34(38-22-10-24-40-36-26-12-1-5-16-30(26)42-31-17-6-2-13-27(31)36)20-9-21-35(45)39-23-11-25-41-37-28-14-3-7-18-32(28)43-33-19-8-4-15-29(33)37;/h1-8,12-19H,9-11,20-25H2,(H,38,44)(H,39,45)(H,40,42)(H,41,43);1H. The van der Waals surface area contributed by atoms with E-state index in [2.05, 4.69) is 45.5 Å². The number of pyridine rings is 2. The van der Waals surface area contributed by atoms with E-state index in [1.165, 1.54) is 0 Å². The molecule has 2 amide bonds. The van der Waals surface area contributed by atoms with Gasteiger partial charge in [-0.1, -0.05) is 72.8 Å². The van der Waals surface area contributed by atoms with E-state index in [1.54, 1.807) is 0 Å². The maximum Gasteiger partial charge on any atom is 0.220 e. The fourth-order valence-electron chi connectivity index (χ4n) is 5.71. The van der Waals surface area contributed by atoms with Crippen LogP contribution in [0.2, 0.25) is 0 Å². The molecule has 9 heteroatoms. The number of para-hydroxylation sites is 4. The van der Waals surface area contributed by atoms with Crippen LogP contribution in [0.25, 0.3) is 43.6 Å². The van der Waals surface area contributed by atoms with Crippen LogP contribution in [-0.2, 0) is 9.59 Å². The lowest BCUT2D eigenvalue weighted by atomic mass is 10.1. The molecule has 2 aromatic heterocycles. The summed E-state index contributed by atoms with van der Waals surface area (Å²) < 4.78 is 0. The maximum absolute atomic E-state index is 12.3. The molecule has 0 atom stereocenters. The number of carbonyl (C=O) groups is 2. The van der Waals surface area contributed by atoms with Crippen LogP contribution in [0.3, 0.4) is 0 Å². The molecule has 0 aliphatic rings. The number of hydrogen-bond acceptors (Lipinski definition) is 6. The molecule has 2 heterocycles. The smallest absolute Gasteiger partial charge is 0.220 e. The quantitative estimate of drug-likeness (QED) is 0.0744. The Morgan fingerprint density at radius 1 is 0.457 bits per heavy atom. The Labute approximate surface area is 274 Å². The van der Waals surface area contributed by atoms with Crippen molar-refractivity contribution in [2.75, 3.05) is 36.8 Å². The second-order valence-corrected chi connectivity index (χ2v) is 11.2. The van der Waals surface area contributed by atoms with Crippen molar-refractivity contribution in [1.82, 2.24) is 20.6 Å². The summed E-state index contributed by atoms with van der Waals surface area (Å²) in [5, 5.41) is 17.4. The Kier molecular flexibility index (Phi) is 11.2. The third-order valence-electron chi connectivity index (χ3n) is 7.94. The van der Waals surface area contributed by atoms with Gasteiger partial charge in [0.2, 0.25) is 11.8 Å². The summed E-state index contributed by atoms with van der Waals surface area (Å²) in [6, 6.07) is 32.5. The minimum Gasteiger partial charge on any atom is -0.384 e. The lowest BCUT2D eigenvalue weighted by molar-refractivity contribution is -0.122. The molecule has 6 aromatic rings. The van der Waals surface area contributed by atoms with E-state index in [1.807, 2.05) is 72.8 Å². The van der Waals surface area contributed by atoms with E-state index in [0.29, 0.717) is 32.4 Å². The molecule has 0 saturated heterocycles. The Bertz CT molecular complexity index is 1720. The predicted molar refractivity (Wildman–Crippen MR) is 192 cm³/mol. The number of hydrogen-bond donors (Lipinski definition) is 4. The van der Waals surface area contributed by atoms with Crippen LogP contribution < -0.4 is 21.3 Å². The first-order valence-electron chi connectivity index (χ1n) is 15.7. The molecule has 0 fully saturated rings. The normalized spacial score (nSPS) is 11.0. The molecule has 236 valence electrons. The average molecular weight is 635 g/mol. The number of amides is 2. The molecule has 0 spiro atoms. The molecule has 8 nitrogen and oxygen atoms in total. The number of fused-ring (bicyclic) bond motifs is 4. The monoisotopic (exact) mass is 634 g/mol. The number of rotatable bonds is 14. The molecule has 0 aliphatic heterocycles. The van der Waals surface area contributed by atoms with Crippen LogP contribution in [0.5, 0.6) is 0 Å². The van der Waals surface area contributed by atoms with Gasteiger partial charge in [0, 0.05) is 60.6 Å². The highest BCUT2D eigenvalue weighted by atomic mass is 35.5. The van der Waals surface area contributed by atoms with Gasteiger partial charge in [0.15, 0.2) is 0 Å². The molecule has 0 unspecified atom stereocenters. The van der Waals surface area contributed by atoms with Crippen molar-refractivity contribution in [3.8, 4) is 0 Å². The minimum absolute atomic E-state index is 0. The summed E-state index contributed by atoms with van der Waals surface area (Å²) in [5.74, 6) is -0.0489. The van der Waals surface area contributed by atoms with E-state index in [9.17, 15) is 9.59 Å². The first-order chi connectivity index (χ1) is 22.2. The van der Waals surface area contributed by atoms with Crippen molar-refractivity contribution in [1.29, 1.82) is 0 Å². The highest BCUT2D eigenvalue weighted by Crippen LogP contribution is 2.31. The van der Waals surface area contributed by atoms with Crippen molar-refractivity contribution >= 4 is 79.2 Å². The van der Waals surface area contributed by atoms with Gasteiger partial charge in [-0.2, -0.15) is 0 Å². The fourth-order valence-corrected chi connectivity index (χ4v) is 5.71. The molecular formula is C37H39ClN6O2. The lowest BCUT2D eigenvalue weighted by Crippen LogP contribution is -2.27. The summed E-state index contributed by atoms with van der Waals surface area (Å²) in [5.41, 5.74) is 5.98. The van der Waals surface area contributed by atoms with Gasteiger partial charge in [0.1, 0.15) is 0 Å². The average Bonchev–Trinajstić information content (AvgIpc) is 3.07. The molecule has 46 heavy (non-hydrogen) atoms. The Balaban J connectivity index is 0.00000417. The molecule has 6 rings (SSSR count). The minimum atomic E-state index is -0.0244. The molecule has 4 aromatic carbocycles. The highest BCUT2D eigenvalue weighted by Gasteiger charge is 2.10. The first-order valence-corrected chi connectivity index (χ1v) is 15.7. The lowest BCUT2D eigenvalue weighted by Gasteiger charge is -2.13. The van der Waals surface area contributed by atoms with Crippen LogP contribution in [0.15, 0.2) is 97.1 Å². The second-order valence-electron chi connectivity index (χ2n) is 11.2. The van der Waals surface area contributed by atoms with Gasteiger partial charge < -0.3 is 21.3 Å². The van der Waals surface area contributed by atoms with Crippen LogP contribution in [-0.4, -0.2) is 48.0 Å². The zero-order valence-electron chi connectivity index (χ0n) is 25.7. The van der Waals surface area contributed by atoms with Crippen molar-refractivity contribution in [3.05, 3.63) is 97.1 Å². The van der Waals surface area contributed by atoms with Crippen LogP contribution >= 0.6 is 12.4 Å². The van der Waals surface area contributed by atoms with Crippen LogP contribution in [0.4, 0.5) is 11.4 Å². The summed E-state index contributed by atoms with van der Waals surface area (Å²) in [6.07, 6.45) is 2.78. The number of anilines is 2. The van der Waals surface area contributed by atoms with Crippen molar-refractivity contribution < 1.29 is 9.59 Å². The molecule has 0 radical (unpaired) electrons. The number of aromatic nitrogens is 2. The van der Waals surface area contributed by atoms with Gasteiger partial charge in [-0.3, -0.25) is 9.59 Å². The molecule has 0 aliphatic carbocycles. The molecule has 0 saturated carbocycles. The first kappa shape index (κ1) is 32.4. The molecular weight excluding hydrogens is 596 g/mol. The Hall–Kier alpha value is -4.95. The van der Waals surface area contributed by atoms with Gasteiger partial charge in [-0.25, -0.2) is 9.97 Å². The van der Waals surface area contributed by atoms with E-state index in [0.717, 1.165) is 80.9 Å². The fraction of sp³-hybridized carbons (Fsp3) is 0.243. The summed E-state index contributed by atoms with van der Waals surface area (Å²) in [7, 11) is 0. The van der Waals surface area contributed by atoms with Crippen molar-refractivity contribution in [2.45, 2.75) is 32.1 Å². The third kappa shape index (κ3) is 7.82. The van der Waals surface area contributed by atoms with Gasteiger partial charge in [-0.05, 0) is 43.5 Å². The summed E-state index contributed by atoms with van der Waals surface area (Å²) >= 11 is 0. The number of carbonyl (C=O) groups excluding carboxylic acids is 2. The highest BCUT2D eigenvalue weighted by molar-refractivity contribution is 6.08. The molecule has 4 N–H and O–H groups in total. The van der Waals surface area contributed by atoms with E-state index >= 15 is 0 Å². The Morgan fingerprint density at radius 3 is 1.13 bits per heavy atom. The van der Waals surface area contributed by atoms with Crippen LogP contribution in [0, 0.1) is 0 Å². The van der Waals surface area contributed by atoms with E-state index in [4.69, 9.17) is 9.97 Å². The van der Waals surface area contributed by atoms with Crippen LogP contribution in [0.1, 0.15) is 32.1 Å². The zero-order chi connectivity index (χ0) is 30.8. The number of benzene rings is 4. The topological polar surface area (TPSA) is 108 Å². The van der Waals surface area contributed by atoms with Gasteiger partial charge in [0.25, 0.3) is 0 Å². The number of nitrogens with zero attached hydrogens (tertiary/aromatic N) is 2. The summed E-state index contributed by atoms with van der Waals surface area (Å²) in [6.45, 7) is 2.61. The number of nitrogens with one attached hydrogen (secondary N) is 4.